The lowest BCUT2D eigenvalue weighted by atomic mass is 10.1. The van der Waals surface area contributed by atoms with E-state index in [9.17, 15) is 9.90 Å². The van der Waals surface area contributed by atoms with E-state index in [1.54, 1.807) is 25.4 Å². The monoisotopic (exact) mass is 501 g/mol. The Kier molecular flexibility index (Phi) is 7.07. The summed E-state index contributed by atoms with van der Waals surface area (Å²) in [4.78, 5) is 26.1. The number of nitrogens with zero attached hydrogens (tertiary/aromatic N) is 4. The summed E-state index contributed by atoms with van der Waals surface area (Å²) in [6, 6.07) is 9.88. The molecule has 0 saturated carbocycles. The van der Waals surface area contributed by atoms with Crippen LogP contribution >= 0.6 is 0 Å². The number of ether oxygens (including phenoxy) is 1. The maximum Gasteiger partial charge on any atom is 0.347 e. The number of allylic oxidation sites excluding steroid dienone is 1. The number of hydrogen-bond acceptors (Lipinski definition) is 9. The Morgan fingerprint density at radius 3 is 2.81 bits per heavy atom. The van der Waals surface area contributed by atoms with Gasteiger partial charge in [-0.15, -0.1) is 0 Å². The summed E-state index contributed by atoms with van der Waals surface area (Å²) in [5.74, 6) is -0.103. The molecule has 0 unspecified atom stereocenters. The molecule has 1 aromatic carbocycles. The Morgan fingerprint density at radius 1 is 1.24 bits per heavy atom. The van der Waals surface area contributed by atoms with Crippen LogP contribution in [-0.4, -0.2) is 71.9 Å². The number of aromatic nitrogens is 1. The summed E-state index contributed by atoms with van der Waals surface area (Å²) in [5.41, 5.74) is 4.49. The van der Waals surface area contributed by atoms with Crippen molar-refractivity contribution in [1.82, 2.24) is 14.8 Å². The van der Waals surface area contributed by atoms with Crippen molar-refractivity contribution in [1.29, 1.82) is 0 Å². The van der Waals surface area contributed by atoms with Crippen LogP contribution in [0.25, 0.3) is 11.6 Å². The van der Waals surface area contributed by atoms with Gasteiger partial charge in [0.1, 0.15) is 0 Å². The number of carbonyl (C=O) groups is 1. The first-order valence-corrected chi connectivity index (χ1v) is 12.4. The lowest BCUT2D eigenvalue weighted by molar-refractivity contribution is 0.0524. The van der Waals surface area contributed by atoms with Gasteiger partial charge < -0.3 is 24.5 Å². The number of nitrogens with one attached hydrogen (secondary N) is 1. The number of aliphatic imine (C=N–C) groups is 1. The number of benzene rings is 1. The number of aryl methyl sites for hydroxylation is 1. The second-order valence-corrected chi connectivity index (χ2v) is 9.33. The zero-order chi connectivity index (χ0) is 25.9. The van der Waals surface area contributed by atoms with Crippen molar-refractivity contribution in [2.75, 3.05) is 45.2 Å². The number of anilines is 2. The smallest absolute Gasteiger partial charge is 0.347 e. The zero-order valence-corrected chi connectivity index (χ0v) is 21.3. The molecule has 9 nitrogen and oxygen atoms in total. The number of esters is 1. The minimum atomic E-state index is -0.664. The van der Waals surface area contributed by atoms with Crippen LogP contribution in [-0.2, 0) is 11.3 Å². The van der Waals surface area contributed by atoms with E-state index >= 15 is 0 Å². The van der Waals surface area contributed by atoms with Gasteiger partial charge in [-0.25, -0.2) is 14.8 Å². The number of aromatic hydroxyl groups is 1. The molecule has 0 bridgehead atoms. The van der Waals surface area contributed by atoms with Gasteiger partial charge in [0.05, 0.1) is 6.61 Å². The summed E-state index contributed by atoms with van der Waals surface area (Å²) in [6.45, 7) is 9.03. The van der Waals surface area contributed by atoms with Crippen LogP contribution < -0.4 is 5.32 Å². The first kappa shape index (κ1) is 24.7. The molecule has 0 radical (unpaired) electrons. The fourth-order valence-corrected chi connectivity index (χ4v) is 4.55. The van der Waals surface area contributed by atoms with Gasteiger partial charge in [0.15, 0.2) is 22.9 Å². The highest BCUT2D eigenvalue weighted by Crippen LogP contribution is 2.39. The third kappa shape index (κ3) is 5.28. The molecule has 2 N–H and O–H groups in total. The first-order chi connectivity index (χ1) is 17.9. The standard InChI is InChI=1S/C28H31N5O4/c1-4-36-28(35)24-25(34)23(15-20-16-30-26-21(20)6-5-9-29-26)37-27(24)31-22-8-7-19(14-18(22)2)17-33-12-10-32(3)11-13-33/h5-9,14-16,31,34H,4,10-13,17H2,1-3H3. The van der Waals surface area contributed by atoms with Crippen molar-refractivity contribution in [3.63, 3.8) is 0 Å². The van der Waals surface area contributed by atoms with Crippen LogP contribution in [0.5, 0.6) is 5.75 Å². The average Bonchev–Trinajstić information content (AvgIpc) is 3.43. The van der Waals surface area contributed by atoms with Crippen molar-refractivity contribution >= 4 is 41.2 Å². The maximum absolute atomic E-state index is 12.8. The summed E-state index contributed by atoms with van der Waals surface area (Å²) < 4.78 is 11.2. The quantitative estimate of drug-likeness (QED) is 0.453. The molecule has 0 aliphatic carbocycles. The number of furan rings is 1. The summed E-state index contributed by atoms with van der Waals surface area (Å²) in [6.07, 6.45) is 4.97. The van der Waals surface area contributed by atoms with Crippen LogP contribution in [0.4, 0.5) is 17.4 Å². The molecule has 2 aliphatic rings. The zero-order valence-electron chi connectivity index (χ0n) is 21.3. The first-order valence-electron chi connectivity index (χ1n) is 12.4. The highest BCUT2D eigenvalue weighted by Gasteiger charge is 2.27. The second-order valence-electron chi connectivity index (χ2n) is 9.33. The average molecular weight is 502 g/mol. The van der Waals surface area contributed by atoms with Crippen LogP contribution in [0.1, 0.15) is 39.7 Å². The Morgan fingerprint density at radius 2 is 2.05 bits per heavy atom. The van der Waals surface area contributed by atoms with E-state index < -0.39 is 5.97 Å². The van der Waals surface area contributed by atoms with Gasteiger partial charge in [0, 0.05) is 62.0 Å². The highest BCUT2D eigenvalue weighted by atomic mass is 16.5. The van der Waals surface area contributed by atoms with Crippen molar-refractivity contribution in [2.24, 2.45) is 4.99 Å². The van der Waals surface area contributed by atoms with Gasteiger partial charge in [-0.2, -0.15) is 0 Å². The minimum Gasteiger partial charge on any atom is -0.504 e. The molecule has 5 rings (SSSR count). The van der Waals surface area contributed by atoms with E-state index in [0.717, 1.165) is 55.1 Å². The second kappa shape index (κ2) is 10.6. The Hall–Kier alpha value is -3.95. The van der Waals surface area contributed by atoms with Crippen LogP contribution in [0, 0.1) is 6.92 Å². The molecular weight excluding hydrogens is 470 g/mol. The molecule has 0 spiro atoms. The predicted molar refractivity (Wildman–Crippen MR) is 144 cm³/mol. The van der Waals surface area contributed by atoms with Gasteiger partial charge in [-0.3, -0.25) is 4.90 Å². The topological polar surface area (TPSA) is 103 Å². The van der Waals surface area contributed by atoms with E-state index in [4.69, 9.17) is 9.15 Å². The summed E-state index contributed by atoms with van der Waals surface area (Å²) >= 11 is 0. The maximum atomic E-state index is 12.8. The summed E-state index contributed by atoms with van der Waals surface area (Å²) in [5, 5.41) is 14.2. The fraction of sp³-hybridized carbons (Fsp3) is 0.321. The van der Waals surface area contributed by atoms with Crippen molar-refractivity contribution in [2.45, 2.75) is 20.4 Å². The molecular formula is C28H31N5O4. The van der Waals surface area contributed by atoms with Crippen LogP contribution in [0.3, 0.4) is 0 Å². The molecule has 37 heavy (non-hydrogen) atoms. The van der Waals surface area contributed by atoms with E-state index in [-0.39, 0.29) is 29.6 Å². The van der Waals surface area contributed by atoms with Gasteiger partial charge in [-0.1, -0.05) is 12.1 Å². The Labute approximate surface area is 216 Å². The highest BCUT2D eigenvalue weighted by molar-refractivity contribution is 6.21. The number of carbonyl (C=O) groups excluding carboxylic acids is 1. The number of piperazine rings is 1. The van der Waals surface area contributed by atoms with E-state index in [1.165, 1.54) is 5.56 Å². The predicted octanol–water partition coefficient (Wildman–Crippen LogP) is 4.61. The van der Waals surface area contributed by atoms with Gasteiger partial charge >= 0.3 is 5.97 Å². The number of pyridine rings is 1. The Bertz CT molecular complexity index is 1370. The molecule has 1 fully saturated rings. The summed E-state index contributed by atoms with van der Waals surface area (Å²) in [7, 11) is 2.15. The Balaban J connectivity index is 1.42. The largest absolute Gasteiger partial charge is 0.504 e. The van der Waals surface area contributed by atoms with Gasteiger partial charge in [0.25, 0.3) is 0 Å². The molecule has 9 heteroatoms. The molecule has 1 saturated heterocycles. The normalized spacial score (nSPS) is 16.8. The molecule has 4 heterocycles. The minimum absolute atomic E-state index is 0.0454. The molecule has 2 aromatic heterocycles. The van der Waals surface area contributed by atoms with Gasteiger partial charge in [0.2, 0.25) is 5.88 Å². The number of hydrogen-bond donors (Lipinski definition) is 2. The lowest BCUT2D eigenvalue weighted by Crippen LogP contribution is -2.43. The van der Waals surface area contributed by atoms with E-state index in [1.807, 2.05) is 25.1 Å². The number of rotatable bonds is 7. The molecule has 0 atom stereocenters. The molecule has 2 aliphatic heterocycles. The van der Waals surface area contributed by atoms with E-state index in [2.05, 4.69) is 44.3 Å². The number of likely N-dealkylation sites (N-methyl/N-ethyl adjacent to an activating group) is 1. The molecule has 0 amide bonds. The number of fused-ring (bicyclic) bond motifs is 1. The third-order valence-corrected chi connectivity index (χ3v) is 6.64. The molecule has 3 aromatic rings. The van der Waals surface area contributed by atoms with E-state index in [0.29, 0.717) is 5.82 Å². The molecule has 192 valence electrons. The van der Waals surface area contributed by atoms with Crippen molar-refractivity contribution < 1.29 is 19.1 Å². The lowest BCUT2D eigenvalue weighted by Gasteiger charge is -2.32. The van der Waals surface area contributed by atoms with Crippen molar-refractivity contribution in [3.8, 4) is 5.75 Å². The van der Waals surface area contributed by atoms with Gasteiger partial charge in [-0.05, 0) is 56.3 Å². The fourth-order valence-electron chi connectivity index (χ4n) is 4.55. The van der Waals surface area contributed by atoms with Crippen molar-refractivity contribution in [3.05, 3.63) is 64.5 Å². The third-order valence-electron chi connectivity index (χ3n) is 6.64. The van der Waals surface area contributed by atoms with Crippen LogP contribution in [0.15, 0.2) is 45.9 Å². The van der Waals surface area contributed by atoms with Crippen LogP contribution in [0.2, 0.25) is 0 Å². The SMILES string of the molecule is CCOC(=O)c1c(Nc2ccc(CN3CCN(C)CC3)cc2C)oc(C=C2C=Nc3ncccc32)c1O.